The van der Waals surface area contributed by atoms with Gasteiger partial charge in [0.25, 0.3) is 0 Å². The fraction of sp³-hybridized carbons (Fsp3) is 0.636. The number of rotatable bonds is 11. The Morgan fingerprint density at radius 1 is 1.21 bits per heavy atom. The van der Waals surface area contributed by atoms with Gasteiger partial charge in [0.1, 0.15) is 10.9 Å². The Kier molecular flexibility index (Phi) is 8.83. The molecule has 0 saturated carbocycles. The summed E-state index contributed by atoms with van der Waals surface area (Å²) in [5.41, 5.74) is 0. The van der Waals surface area contributed by atoms with Gasteiger partial charge in [-0.2, -0.15) is 0 Å². The summed E-state index contributed by atoms with van der Waals surface area (Å²) in [5.74, 6) is -1.77. The number of carbonyl (C=O) groups excluding carboxylic acids is 2. The highest BCUT2D eigenvalue weighted by atomic mass is 32.2. The molecule has 2 rings (SSSR count). The maximum absolute atomic E-state index is 12.8. The number of ether oxygens (including phenoxy) is 2. The van der Waals surface area contributed by atoms with E-state index in [4.69, 9.17) is 9.47 Å². The monoisotopic (exact) mass is 408 g/mol. The lowest BCUT2D eigenvalue weighted by atomic mass is 9.83. The van der Waals surface area contributed by atoms with Crippen LogP contribution in [0.15, 0.2) is 35.2 Å². The van der Waals surface area contributed by atoms with E-state index in [1.807, 2.05) is 30.3 Å². The van der Waals surface area contributed by atoms with Crippen LogP contribution in [0.2, 0.25) is 0 Å². The summed E-state index contributed by atoms with van der Waals surface area (Å²) in [5, 5.41) is 10.7. The van der Waals surface area contributed by atoms with Crippen LogP contribution in [0.4, 0.5) is 0 Å². The topological polar surface area (TPSA) is 72.8 Å². The first-order valence-corrected chi connectivity index (χ1v) is 11.0. The van der Waals surface area contributed by atoms with Crippen molar-refractivity contribution in [2.75, 3.05) is 7.11 Å². The third-order valence-corrected chi connectivity index (χ3v) is 6.77. The maximum atomic E-state index is 12.8. The normalized spacial score (nSPS) is 25.4. The molecular weight excluding hydrogens is 376 g/mol. The first-order chi connectivity index (χ1) is 13.4. The summed E-state index contributed by atoms with van der Waals surface area (Å²) >= 11 is 1.34. The zero-order valence-electron chi connectivity index (χ0n) is 17.1. The van der Waals surface area contributed by atoms with Crippen LogP contribution in [0.25, 0.3) is 0 Å². The number of aliphatic hydroxyl groups is 1. The molecule has 0 aliphatic carbocycles. The zero-order chi connectivity index (χ0) is 20.6. The molecule has 1 heterocycles. The molecule has 0 spiro atoms. The van der Waals surface area contributed by atoms with E-state index in [1.54, 1.807) is 6.92 Å². The Bertz CT molecular complexity index is 635. The third kappa shape index (κ3) is 5.51. The molecule has 0 aromatic heterocycles. The molecule has 1 fully saturated rings. The summed E-state index contributed by atoms with van der Waals surface area (Å²) in [6.07, 6.45) is 5.48. The van der Waals surface area contributed by atoms with Crippen molar-refractivity contribution in [1.29, 1.82) is 0 Å². The highest BCUT2D eigenvalue weighted by molar-refractivity contribution is 8.01. The van der Waals surface area contributed by atoms with Gasteiger partial charge >= 0.3 is 11.9 Å². The van der Waals surface area contributed by atoms with E-state index in [0.717, 1.165) is 24.2 Å². The summed E-state index contributed by atoms with van der Waals surface area (Å²) in [6.45, 7) is 3.94. The number of thioether (sulfide) groups is 1. The van der Waals surface area contributed by atoms with E-state index in [1.165, 1.54) is 38.1 Å². The van der Waals surface area contributed by atoms with Gasteiger partial charge in [-0.3, -0.25) is 4.79 Å². The molecule has 1 aliphatic heterocycles. The van der Waals surface area contributed by atoms with Crippen molar-refractivity contribution < 1.29 is 24.2 Å². The molecule has 0 radical (unpaired) electrons. The number of cyclic esters (lactones) is 1. The molecular formula is C22H32O5S. The minimum atomic E-state index is -1.40. The summed E-state index contributed by atoms with van der Waals surface area (Å²) in [7, 11) is 1.24. The van der Waals surface area contributed by atoms with Crippen LogP contribution < -0.4 is 0 Å². The first-order valence-electron chi connectivity index (χ1n) is 10.1. The van der Waals surface area contributed by atoms with Gasteiger partial charge in [-0.05, 0) is 31.9 Å². The number of esters is 2. The molecule has 1 aliphatic rings. The van der Waals surface area contributed by atoms with Crippen LogP contribution in [-0.4, -0.2) is 41.1 Å². The fourth-order valence-electron chi connectivity index (χ4n) is 3.80. The number of methoxy groups -OCH3 is 1. The van der Waals surface area contributed by atoms with Crippen LogP contribution in [0.3, 0.4) is 0 Å². The van der Waals surface area contributed by atoms with Crippen molar-refractivity contribution in [3.8, 4) is 0 Å². The second kappa shape index (κ2) is 10.9. The van der Waals surface area contributed by atoms with Crippen molar-refractivity contribution in [2.24, 2.45) is 5.92 Å². The second-order valence-electron chi connectivity index (χ2n) is 7.52. The average molecular weight is 409 g/mol. The minimum absolute atomic E-state index is 0.384. The number of benzene rings is 1. The Balaban J connectivity index is 2.13. The molecule has 1 saturated heterocycles. The highest BCUT2D eigenvalue weighted by Crippen LogP contribution is 2.48. The smallest absolute Gasteiger partial charge is 0.335 e. The molecule has 1 N–H and O–H groups in total. The molecule has 1 aromatic carbocycles. The number of hydrogen-bond acceptors (Lipinski definition) is 6. The fourth-order valence-corrected chi connectivity index (χ4v) is 5.13. The molecule has 1 aromatic rings. The third-order valence-electron chi connectivity index (χ3n) is 5.40. The lowest BCUT2D eigenvalue weighted by molar-refractivity contribution is -0.155. The molecule has 28 heavy (non-hydrogen) atoms. The molecule has 4 atom stereocenters. The van der Waals surface area contributed by atoms with Crippen LogP contribution in [0, 0.1) is 5.92 Å². The van der Waals surface area contributed by atoms with Crippen molar-refractivity contribution in [3.05, 3.63) is 30.3 Å². The lowest BCUT2D eigenvalue weighted by Gasteiger charge is -2.31. The van der Waals surface area contributed by atoms with Gasteiger partial charge in [-0.1, -0.05) is 57.2 Å². The summed E-state index contributed by atoms with van der Waals surface area (Å²) in [4.78, 5) is 25.8. The Morgan fingerprint density at radius 3 is 2.50 bits per heavy atom. The second-order valence-corrected chi connectivity index (χ2v) is 9.04. The number of hydrogen-bond donors (Lipinski definition) is 1. The standard InChI is InChI=1S/C22H32O5S/c1-4-5-6-7-8-12-15-17-18(19(23)20(24)26-3)22(2,21(25)27-17)28-16-13-10-9-11-14-16/h9-11,13-14,17-19,23H,4-8,12,15H2,1-3H3/t17-,18+,19+,22-/m0/s1. The van der Waals surface area contributed by atoms with Gasteiger partial charge < -0.3 is 14.6 Å². The van der Waals surface area contributed by atoms with Crippen LogP contribution in [0.1, 0.15) is 58.8 Å². The Labute approximate surface area is 172 Å². The molecule has 5 nitrogen and oxygen atoms in total. The lowest BCUT2D eigenvalue weighted by Crippen LogP contribution is -2.46. The van der Waals surface area contributed by atoms with Crippen LogP contribution in [-0.2, 0) is 19.1 Å². The molecule has 6 heteroatoms. The van der Waals surface area contributed by atoms with Crippen molar-refractivity contribution in [3.63, 3.8) is 0 Å². The predicted octanol–water partition coefficient (Wildman–Crippen LogP) is 4.36. The first kappa shape index (κ1) is 22.8. The SMILES string of the molecule is CCCCCCCC[C@@H]1OC(=O)[C@@](C)(Sc2ccccc2)[C@H]1[C@@H](O)C(=O)OC. The van der Waals surface area contributed by atoms with E-state index in [2.05, 4.69) is 6.92 Å². The van der Waals surface area contributed by atoms with Gasteiger partial charge in [0, 0.05) is 4.90 Å². The van der Waals surface area contributed by atoms with E-state index >= 15 is 0 Å². The largest absolute Gasteiger partial charge is 0.467 e. The van der Waals surface area contributed by atoms with E-state index in [9.17, 15) is 14.7 Å². The minimum Gasteiger partial charge on any atom is -0.467 e. The van der Waals surface area contributed by atoms with Gasteiger partial charge in [0.2, 0.25) is 0 Å². The summed E-state index contributed by atoms with van der Waals surface area (Å²) < 4.78 is 9.38. The van der Waals surface area contributed by atoms with E-state index < -0.39 is 28.8 Å². The van der Waals surface area contributed by atoms with Crippen LogP contribution in [0.5, 0.6) is 0 Å². The van der Waals surface area contributed by atoms with Crippen molar-refractivity contribution in [2.45, 2.75) is 80.6 Å². The Morgan fingerprint density at radius 2 is 1.86 bits per heavy atom. The average Bonchev–Trinajstić information content (AvgIpc) is 2.93. The highest BCUT2D eigenvalue weighted by Gasteiger charge is 2.59. The Hall–Kier alpha value is -1.53. The number of unbranched alkanes of at least 4 members (excludes halogenated alkanes) is 5. The van der Waals surface area contributed by atoms with Crippen molar-refractivity contribution in [1.82, 2.24) is 0 Å². The molecule has 0 unspecified atom stereocenters. The molecule has 156 valence electrons. The number of aliphatic hydroxyl groups excluding tert-OH is 1. The zero-order valence-corrected chi connectivity index (χ0v) is 17.9. The van der Waals surface area contributed by atoms with Gasteiger partial charge in [-0.15, -0.1) is 11.8 Å². The van der Waals surface area contributed by atoms with E-state index in [0.29, 0.717) is 6.42 Å². The van der Waals surface area contributed by atoms with E-state index in [-0.39, 0.29) is 5.97 Å². The van der Waals surface area contributed by atoms with Gasteiger partial charge in [-0.25, -0.2) is 4.79 Å². The quantitative estimate of drug-likeness (QED) is 0.433. The van der Waals surface area contributed by atoms with Crippen LogP contribution >= 0.6 is 11.8 Å². The maximum Gasteiger partial charge on any atom is 0.335 e. The van der Waals surface area contributed by atoms with Gasteiger partial charge in [0.15, 0.2) is 6.10 Å². The summed E-state index contributed by atoms with van der Waals surface area (Å²) in [6, 6.07) is 9.51. The predicted molar refractivity (Wildman–Crippen MR) is 110 cm³/mol. The molecule has 0 bridgehead atoms. The number of carbonyl (C=O) groups is 2. The van der Waals surface area contributed by atoms with Gasteiger partial charge in [0.05, 0.1) is 13.0 Å². The molecule has 0 amide bonds. The van der Waals surface area contributed by atoms with Crippen molar-refractivity contribution >= 4 is 23.7 Å².